The van der Waals surface area contributed by atoms with Gasteiger partial charge in [-0.2, -0.15) is 0 Å². The van der Waals surface area contributed by atoms with Crippen molar-refractivity contribution < 1.29 is 0 Å². The molecule has 1 fully saturated rings. The van der Waals surface area contributed by atoms with Crippen molar-refractivity contribution in [1.82, 2.24) is 19.9 Å². The average molecular weight is 296 g/mol. The smallest absolute Gasteiger partial charge is 0.129 e. The van der Waals surface area contributed by atoms with E-state index in [1.165, 1.54) is 12.8 Å². The molecule has 2 aromatic rings. The lowest BCUT2D eigenvalue weighted by Gasteiger charge is -2.19. The maximum atomic E-state index is 8.25. The predicted molar refractivity (Wildman–Crippen MR) is 85.3 cm³/mol. The van der Waals surface area contributed by atoms with Crippen LogP contribution in [-0.2, 0) is 6.54 Å². The second kappa shape index (κ2) is 6.19. The fourth-order valence-electron chi connectivity index (χ4n) is 2.40. The van der Waals surface area contributed by atoms with E-state index in [0.29, 0.717) is 18.1 Å². The molecule has 0 atom stereocenters. The molecule has 0 saturated heterocycles. The van der Waals surface area contributed by atoms with Crippen LogP contribution in [0.5, 0.6) is 0 Å². The number of nitrogens with one attached hydrogen (secondary N) is 1. The Balaban J connectivity index is 1.78. The molecule has 6 heteroatoms. The van der Waals surface area contributed by atoms with Crippen LogP contribution in [0.2, 0.25) is 0 Å². The lowest BCUT2D eigenvalue weighted by atomic mass is 10.1. The molecule has 0 aliphatic heterocycles. The van der Waals surface area contributed by atoms with Gasteiger partial charge >= 0.3 is 0 Å². The minimum atomic E-state index is 0.326. The number of nitrogens with zero attached hydrogens (tertiary/aromatic N) is 4. The van der Waals surface area contributed by atoms with Crippen LogP contribution in [0.4, 0.5) is 0 Å². The summed E-state index contributed by atoms with van der Waals surface area (Å²) in [5.41, 5.74) is 8.66. The Bertz CT molecular complexity index is 663. The summed E-state index contributed by atoms with van der Waals surface area (Å²) in [6, 6.07) is 3.78. The third-order valence-corrected chi connectivity index (χ3v) is 3.86. The number of hydrogen-bond acceptors (Lipinski definition) is 5. The third-order valence-electron chi connectivity index (χ3n) is 3.86. The molecule has 0 radical (unpaired) electrons. The van der Waals surface area contributed by atoms with E-state index in [-0.39, 0.29) is 0 Å². The quantitative estimate of drug-likeness (QED) is 0.647. The normalized spacial score (nSPS) is 13.9. The second-order valence-electron chi connectivity index (χ2n) is 5.66. The zero-order chi connectivity index (χ0) is 15.5. The number of nitrogens with two attached hydrogens (primary N) is 1. The van der Waals surface area contributed by atoms with E-state index in [1.54, 1.807) is 18.6 Å². The first-order valence-corrected chi connectivity index (χ1v) is 7.45. The zero-order valence-electron chi connectivity index (χ0n) is 12.7. The molecule has 0 spiro atoms. The van der Waals surface area contributed by atoms with E-state index >= 15 is 0 Å². The van der Waals surface area contributed by atoms with Crippen molar-refractivity contribution in [2.75, 3.05) is 13.6 Å². The van der Waals surface area contributed by atoms with E-state index in [2.05, 4.69) is 15.0 Å². The molecule has 2 heterocycles. The predicted octanol–water partition coefficient (Wildman–Crippen LogP) is 1.66. The zero-order valence-corrected chi connectivity index (χ0v) is 12.7. The molecule has 6 nitrogen and oxygen atoms in total. The Morgan fingerprint density at radius 1 is 1.27 bits per heavy atom. The summed E-state index contributed by atoms with van der Waals surface area (Å²) in [6.45, 7) is 1.27. The highest BCUT2D eigenvalue weighted by molar-refractivity contribution is 5.96. The molecule has 1 saturated carbocycles. The molecule has 0 aromatic carbocycles. The maximum absolute atomic E-state index is 8.25. The Labute approximate surface area is 129 Å². The summed E-state index contributed by atoms with van der Waals surface area (Å²) in [6.07, 6.45) is 7.54. The standard InChI is InChI=1S/C16H20N6/c1-22(10-11-2-3-11)16(18)12-4-5-13(21-9-12)15-14(8-17)19-6-7-20-15/h4-7,9,11,18H,2-3,8,10,17H2,1H3. The molecule has 0 amide bonds. The van der Waals surface area contributed by atoms with E-state index < -0.39 is 0 Å². The monoisotopic (exact) mass is 296 g/mol. The summed E-state index contributed by atoms with van der Waals surface area (Å²) in [7, 11) is 1.96. The van der Waals surface area contributed by atoms with Crippen molar-refractivity contribution in [3.63, 3.8) is 0 Å². The van der Waals surface area contributed by atoms with Gasteiger partial charge in [0.1, 0.15) is 11.5 Å². The van der Waals surface area contributed by atoms with Gasteiger partial charge in [0.05, 0.1) is 11.4 Å². The van der Waals surface area contributed by atoms with Crippen LogP contribution in [0.3, 0.4) is 0 Å². The summed E-state index contributed by atoms with van der Waals surface area (Å²) in [5.74, 6) is 1.26. The molecule has 114 valence electrons. The average Bonchev–Trinajstić information content (AvgIpc) is 3.38. The molecule has 0 unspecified atom stereocenters. The molecular weight excluding hydrogens is 276 g/mol. The molecular formula is C16H20N6. The van der Waals surface area contributed by atoms with Gasteiger partial charge in [-0.15, -0.1) is 0 Å². The van der Waals surface area contributed by atoms with Crippen LogP contribution in [0.25, 0.3) is 11.4 Å². The number of pyridine rings is 1. The van der Waals surface area contributed by atoms with Gasteiger partial charge in [-0.1, -0.05) is 0 Å². The molecule has 3 N–H and O–H groups in total. The molecule has 1 aliphatic rings. The topological polar surface area (TPSA) is 91.8 Å². The number of amidine groups is 1. The van der Waals surface area contributed by atoms with E-state index in [1.807, 2.05) is 24.1 Å². The maximum Gasteiger partial charge on any atom is 0.129 e. The Hall–Kier alpha value is -2.34. The molecule has 2 aromatic heterocycles. The van der Waals surface area contributed by atoms with Gasteiger partial charge < -0.3 is 10.6 Å². The number of hydrogen-bond donors (Lipinski definition) is 2. The summed E-state index contributed by atoms with van der Waals surface area (Å²) in [5, 5.41) is 8.25. The van der Waals surface area contributed by atoms with Crippen LogP contribution >= 0.6 is 0 Å². The van der Waals surface area contributed by atoms with E-state index in [9.17, 15) is 0 Å². The highest BCUT2D eigenvalue weighted by Crippen LogP contribution is 2.29. The van der Waals surface area contributed by atoms with Crippen molar-refractivity contribution in [3.05, 3.63) is 42.0 Å². The van der Waals surface area contributed by atoms with Gasteiger partial charge in [-0.25, -0.2) is 0 Å². The lowest BCUT2D eigenvalue weighted by molar-refractivity contribution is 0.473. The summed E-state index contributed by atoms with van der Waals surface area (Å²) >= 11 is 0. The lowest BCUT2D eigenvalue weighted by Crippen LogP contribution is -2.28. The first-order valence-electron chi connectivity index (χ1n) is 7.45. The summed E-state index contributed by atoms with van der Waals surface area (Å²) < 4.78 is 0. The molecule has 3 rings (SSSR count). The molecule has 0 bridgehead atoms. The Morgan fingerprint density at radius 3 is 2.68 bits per heavy atom. The van der Waals surface area contributed by atoms with Crippen molar-refractivity contribution >= 4 is 5.84 Å². The van der Waals surface area contributed by atoms with Gasteiger partial charge in [0, 0.05) is 44.3 Å². The van der Waals surface area contributed by atoms with Crippen LogP contribution in [0.15, 0.2) is 30.7 Å². The highest BCUT2D eigenvalue weighted by Gasteiger charge is 2.24. The van der Waals surface area contributed by atoms with Gasteiger partial charge in [-0.05, 0) is 30.9 Å². The van der Waals surface area contributed by atoms with Crippen LogP contribution in [0.1, 0.15) is 24.1 Å². The van der Waals surface area contributed by atoms with Gasteiger partial charge in [0.25, 0.3) is 0 Å². The molecule has 22 heavy (non-hydrogen) atoms. The summed E-state index contributed by atoms with van der Waals surface area (Å²) in [4.78, 5) is 14.9. The van der Waals surface area contributed by atoms with Crippen molar-refractivity contribution in [3.8, 4) is 11.4 Å². The fraction of sp³-hybridized carbons (Fsp3) is 0.375. The largest absolute Gasteiger partial charge is 0.359 e. The SMILES string of the molecule is CN(CC1CC1)C(=N)c1ccc(-c2nccnc2CN)nc1. The van der Waals surface area contributed by atoms with E-state index in [4.69, 9.17) is 11.1 Å². The second-order valence-corrected chi connectivity index (χ2v) is 5.66. The first kappa shape index (κ1) is 14.6. The van der Waals surface area contributed by atoms with E-state index in [0.717, 1.165) is 29.4 Å². The van der Waals surface area contributed by atoms with Gasteiger partial charge in [-0.3, -0.25) is 20.4 Å². The van der Waals surface area contributed by atoms with Crippen LogP contribution in [0, 0.1) is 11.3 Å². The highest BCUT2D eigenvalue weighted by atomic mass is 15.1. The minimum Gasteiger partial charge on any atom is -0.359 e. The number of aromatic nitrogens is 3. The Kier molecular flexibility index (Phi) is 4.11. The number of rotatable bonds is 5. The van der Waals surface area contributed by atoms with Crippen LogP contribution < -0.4 is 5.73 Å². The first-order chi connectivity index (χ1) is 10.7. The van der Waals surface area contributed by atoms with Crippen molar-refractivity contribution in [2.24, 2.45) is 11.7 Å². The van der Waals surface area contributed by atoms with Crippen molar-refractivity contribution in [2.45, 2.75) is 19.4 Å². The van der Waals surface area contributed by atoms with Gasteiger partial charge in [0.15, 0.2) is 0 Å². The Morgan fingerprint density at radius 2 is 2.05 bits per heavy atom. The molecule has 1 aliphatic carbocycles. The van der Waals surface area contributed by atoms with Crippen molar-refractivity contribution in [1.29, 1.82) is 5.41 Å². The fourth-order valence-corrected chi connectivity index (χ4v) is 2.40. The third kappa shape index (κ3) is 3.12. The van der Waals surface area contributed by atoms with Crippen LogP contribution in [-0.4, -0.2) is 39.3 Å². The minimum absolute atomic E-state index is 0.326. The van der Waals surface area contributed by atoms with Gasteiger partial charge in [0.2, 0.25) is 0 Å².